The second kappa shape index (κ2) is 7.78. The van der Waals surface area contributed by atoms with Gasteiger partial charge in [0.25, 0.3) is 5.91 Å². The Kier molecular flexibility index (Phi) is 5.48. The van der Waals surface area contributed by atoms with Crippen LogP contribution in [0.25, 0.3) is 0 Å². The zero-order valence-electron chi connectivity index (χ0n) is 14.4. The molecular weight excluding hydrogens is 339 g/mol. The molecule has 25 heavy (non-hydrogen) atoms. The first-order valence-electron chi connectivity index (χ1n) is 8.14. The smallest absolute Gasteiger partial charge is 0.257 e. The van der Waals surface area contributed by atoms with Crippen LogP contribution in [0, 0.1) is 5.82 Å². The maximum absolute atomic E-state index is 13.1. The summed E-state index contributed by atoms with van der Waals surface area (Å²) in [5.41, 5.74) is 1.57. The fourth-order valence-corrected chi connectivity index (χ4v) is 3.39. The fourth-order valence-electron chi connectivity index (χ4n) is 2.97. The van der Waals surface area contributed by atoms with Crippen molar-refractivity contribution >= 4 is 23.4 Å². The van der Waals surface area contributed by atoms with Crippen LogP contribution in [0.15, 0.2) is 47.4 Å². The van der Waals surface area contributed by atoms with Crippen LogP contribution in [0.4, 0.5) is 10.1 Å². The van der Waals surface area contributed by atoms with Crippen LogP contribution in [0.5, 0.6) is 5.75 Å². The van der Waals surface area contributed by atoms with Crippen LogP contribution in [0.2, 0.25) is 0 Å². The molecule has 6 heteroatoms. The summed E-state index contributed by atoms with van der Waals surface area (Å²) < 4.78 is 18.4. The average molecular weight is 360 g/mol. The van der Waals surface area contributed by atoms with Crippen molar-refractivity contribution < 1.29 is 13.9 Å². The molecule has 0 aromatic heterocycles. The van der Waals surface area contributed by atoms with Crippen molar-refractivity contribution in [2.24, 2.45) is 0 Å². The first-order valence-corrected chi connectivity index (χ1v) is 9.36. The number of anilines is 1. The molecular formula is C19H21FN2O2S. The van der Waals surface area contributed by atoms with Crippen LogP contribution in [-0.2, 0) is 0 Å². The second-order valence-electron chi connectivity index (χ2n) is 5.82. The number of ether oxygens (including phenoxy) is 1. The second-order valence-corrected chi connectivity index (χ2v) is 6.70. The number of nitrogens with zero attached hydrogens (tertiary/aromatic N) is 2. The lowest BCUT2D eigenvalue weighted by molar-refractivity contribution is 0.0743. The van der Waals surface area contributed by atoms with Crippen molar-refractivity contribution in [3.8, 4) is 5.75 Å². The molecule has 1 fully saturated rings. The molecule has 1 aliphatic rings. The van der Waals surface area contributed by atoms with E-state index >= 15 is 0 Å². The van der Waals surface area contributed by atoms with Gasteiger partial charge in [0.1, 0.15) is 11.6 Å². The van der Waals surface area contributed by atoms with Crippen molar-refractivity contribution in [2.75, 3.05) is 44.4 Å². The Morgan fingerprint density at radius 3 is 2.36 bits per heavy atom. The number of hydrogen-bond donors (Lipinski definition) is 0. The van der Waals surface area contributed by atoms with Gasteiger partial charge < -0.3 is 14.5 Å². The molecule has 1 amide bonds. The third-order valence-electron chi connectivity index (χ3n) is 4.40. The molecule has 0 unspecified atom stereocenters. The van der Waals surface area contributed by atoms with Crippen LogP contribution < -0.4 is 9.64 Å². The monoisotopic (exact) mass is 360 g/mol. The number of carbonyl (C=O) groups is 1. The minimum Gasteiger partial charge on any atom is -0.496 e. The number of carbonyl (C=O) groups excluding carboxylic acids is 1. The van der Waals surface area contributed by atoms with Crippen molar-refractivity contribution in [1.82, 2.24) is 4.90 Å². The van der Waals surface area contributed by atoms with Crippen molar-refractivity contribution in [3.05, 3.63) is 53.8 Å². The molecule has 0 saturated carbocycles. The van der Waals surface area contributed by atoms with Crippen LogP contribution >= 0.6 is 11.8 Å². The molecule has 0 bridgehead atoms. The first-order chi connectivity index (χ1) is 12.1. The molecule has 3 rings (SSSR count). The van der Waals surface area contributed by atoms with E-state index in [9.17, 15) is 9.18 Å². The van der Waals surface area contributed by atoms with Gasteiger partial charge in [0.05, 0.1) is 12.7 Å². The number of rotatable bonds is 4. The summed E-state index contributed by atoms with van der Waals surface area (Å²) in [6.45, 7) is 2.71. The molecule has 2 aromatic carbocycles. The molecule has 4 nitrogen and oxygen atoms in total. The average Bonchev–Trinajstić information content (AvgIpc) is 2.67. The maximum atomic E-state index is 13.1. The third kappa shape index (κ3) is 3.90. The topological polar surface area (TPSA) is 32.8 Å². The molecule has 1 aliphatic heterocycles. The Hall–Kier alpha value is -2.21. The van der Waals surface area contributed by atoms with Gasteiger partial charge in [-0.2, -0.15) is 0 Å². The van der Waals surface area contributed by atoms with Crippen molar-refractivity contribution in [2.45, 2.75) is 4.90 Å². The minimum absolute atomic E-state index is 0.0109. The normalized spacial score (nSPS) is 14.5. The van der Waals surface area contributed by atoms with Gasteiger partial charge in [0, 0.05) is 36.8 Å². The molecule has 1 heterocycles. The summed E-state index contributed by atoms with van der Waals surface area (Å²) in [5, 5.41) is 0. The van der Waals surface area contributed by atoms with E-state index < -0.39 is 0 Å². The maximum Gasteiger partial charge on any atom is 0.257 e. The van der Waals surface area contributed by atoms with Gasteiger partial charge in [-0.15, -0.1) is 11.8 Å². The van der Waals surface area contributed by atoms with E-state index in [0.29, 0.717) is 24.4 Å². The van der Waals surface area contributed by atoms with E-state index in [1.807, 2.05) is 29.4 Å². The number of thioether (sulfide) groups is 1. The van der Waals surface area contributed by atoms with E-state index in [0.717, 1.165) is 23.7 Å². The predicted molar refractivity (Wildman–Crippen MR) is 99.3 cm³/mol. The van der Waals surface area contributed by atoms with Gasteiger partial charge >= 0.3 is 0 Å². The highest BCUT2D eigenvalue weighted by molar-refractivity contribution is 7.98. The Labute approximate surface area is 151 Å². The molecule has 0 atom stereocenters. The molecule has 0 spiro atoms. The zero-order valence-corrected chi connectivity index (χ0v) is 15.2. The summed E-state index contributed by atoms with van der Waals surface area (Å²) in [7, 11) is 1.59. The zero-order chi connectivity index (χ0) is 17.8. The largest absolute Gasteiger partial charge is 0.496 e. The Balaban J connectivity index is 1.68. The van der Waals surface area contributed by atoms with E-state index in [1.54, 1.807) is 31.0 Å². The van der Waals surface area contributed by atoms with E-state index in [2.05, 4.69) is 4.90 Å². The lowest BCUT2D eigenvalue weighted by Crippen LogP contribution is -2.48. The number of benzene rings is 2. The first kappa shape index (κ1) is 17.6. The summed E-state index contributed by atoms with van der Waals surface area (Å²) in [6.07, 6.45) is 1.99. The number of methoxy groups -OCH3 is 1. The quantitative estimate of drug-likeness (QED) is 0.781. The van der Waals surface area contributed by atoms with Gasteiger partial charge in [0.15, 0.2) is 0 Å². The summed E-state index contributed by atoms with van der Waals surface area (Å²) >= 11 is 1.61. The van der Waals surface area contributed by atoms with E-state index in [-0.39, 0.29) is 11.7 Å². The van der Waals surface area contributed by atoms with E-state index in [4.69, 9.17) is 4.74 Å². The van der Waals surface area contributed by atoms with Crippen LogP contribution in [-0.4, -0.2) is 50.4 Å². The number of amides is 1. The highest BCUT2D eigenvalue weighted by Crippen LogP contribution is 2.27. The Morgan fingerprint density at radius 1 is 1.08 bits per heavy atom. The lowest BCUT2D eigenvalue weighted by Gasteiger charge is -2.36. The number of hydrogen-bond acceptors (Lipinski definition) is 4. The summed E-state index contributed by atoms with van der Waals surface area (Å²) in [6, 6.07) is 12.1. The van der Waals surface area contributed by atoms with Gasteiger partial charge in [-0.3, -0.25) is 4.79 Å². The molecule has 0 radical (unpaired) electrons. The third-order valence-corrected chi connectivity index (χ3v) is 5.12. The molecule has 1 saturated heterocycles. The van der Waals surface area contributed by atoms with Gasteiger partial charge in [-0.25, -0.2) is 4.39 Å². The summed E-state index contributed by atoms with van der Waals surface area (Å²) in [4.78, 5) is 17.9. The number of halogens is 1. The van der Waals surface area contributed by atoms with Crippen molar-refractivity contribution in [3.63, 3.8) is 0 Å². The molecule has 132 valence electrons. The van der Waals surface area contributed by atoms with Gasteiger partial charge in [0.2, 0.25) is 0 Å². The van der Waals surface area contributed by atoms with Crippen LogP contribution in [0.3, 0.4) is 0 Å². The Bertz CT molecular complexity index is 744. The van der Waals surface area contributed by atoms with Crippen LogP contribution in [0.1, 0.15) is 10.4 Å². The molecule has 0 aliphatic carbocycles. The predicted octanol–water partition coefficient (Wildman–Crippen LogP) is 3.52. The molecule has 2 aromatic rings. The highest BCUT2D eigenvalue weighted by atomic mass is 32.2. The SMILES string of the molecule is COc1cc(SC)ccc1C(=O)N1CCN(c2ccc(F)cc2)CC1. The molecule has 0 N–H and O–H groups in total. The fraction of sp³-hybridized carbons (Fsp3) is 0.316. The Morgan fingerprint density at radius 2 is 1.76 bits per heavy atom. The van der Waals surface area contributed by atoms with Gasteiger partial charge in [-0.1, -0.05) is 0 Å². The minimum atomic E-state index is -0.238. The standard InChI is InChI=1S/C19H21FN2O2S/c1-24-18-13-16(25-2)7-8-17(18)19(23)22-11-9-21(10-12-22)15-5-3-14(20)4-6-15/h3-8,13H,9-12H2,1-2H3. The van der Waals surface area contributed by atoms with E-state index in [1.165, 1.54) is 12.1 Å². The van der Waals surface area contributed by atoms with Crippen molar-refractivity contribution in [1.29, 1.82) is 0 Å². The lowest BCUT2D eigenvalue weighted by atomic mass is 10.1. The highest BCUT2D eigenvalue weighted by Gasteiger charge is 2.24. The number of piperazine rings is 1. The summed E-state index contributed by atoms with van der Waals surface area (Å²) in [5.74, 6) is 0.361. The van der Waals surface area contributed by atoms with Gasteiger partial charge in [-0.05, 0) is 48.7 Å².